The molecule has 0 aliphatic heterocycles. The number of aliphatic hydroxyl groups excluding tert-OH is 1. The summed E-state index contributed by atoms with van der Waals surface area (Å²) in [4.78, 5) is 12.3. The molecule has 2 amide bonds. The second kappa shape index (κ2) is 6.29. The van der Waals surface area contributed by atoms with Gasteiger partial charge in [-0.05, 0) is 47.9 Å². The SMILES string of the molecule is O=C(Nc1cccc2c1C[C@H](O)C2)NC1CC(c2ccccc2)C1. The average molecular weight is 322 g/mol. The van der Waals surface area contributed by atoms with E-state index in [1.807, 2.05) is 24.3 Å². The van der Waals surface area contributed by atoms with Gasteiger partial charge in [-0.25, -0.2) is 4.79 Å². The predicted molar refractivity (Wildman–Crippen MR) is 94.2 cm³/mol. The van der Waals surface area contributed by atoms with E-state index in [0.717, 1.165) is 29.7 Å². The van der Waals surface area contributed by atoms with Crippen molar-refractivity contribution in [2.24, 2.45) is 0 Å². The number of aliphatic hydroxyl groups is 1. The topological polar surface area (TPSA) is 61.4 Å². The Morgan fingerprint density at radius 3 is 2.58 bits per heavy atom. The van der Waals surface area contributed by atoms with Gasteiger partial charge in [-0.1, -0.05) is 42.5 Å². The van der Waals surface area contributed by atoms with Crippen molar-refractivity contribution >= 4 is 11.7 Å². The van der Waals surface area contributed by atoms with Gasteiger partial charge in [0.25, 0.3) is 0 Å². The molecular formula is C20H22N2O2. The highest BCUT2D eigenvalue weighted by Crippen LogP contribution is 2.36. The molecule has 0 aromatic heterocycles. The van der Waals surface area contributed by atoms with E-state index in [0.29, 0.717) is 18.8 Å². The van der Waals surface area contributed by atoms with E-state index < -0.39 is 0 Å². The molecular weight excluding hydrogens is 300 g/mol. The van der Waals surface area contributed by atoms with Gasteiger partial charge in [0.05, 0.1) is 6.10 Å². The molecule has 2 aliphatic rings. The molecule has 4 nitrogen and oxygen atoms in total. The Morgan fingerprint density at radius 2 is 1.79 bits per heavy atom. The second-order valence-corrected chi connectivity index (χ2v) is 6.88. The molecule has 124 valence electrons. The lowest BCUT2D eigenvalue weighted by Gasteiger charge is -2.36. The first-order chi connectivity index (χ1) is 11.7. The van der Waals surface area contributed by atoms with Crippen molar-refractivity contribution in [2.75, 3.05) is 5.32 Å². The van der Waals surface area contributed by atoms with E-state index >= 15 is 0 Å². The van der Waals surface area contributed by atoms with E-state index in [9.17, 15) is 9.90 Å². The van der Waals surface area contributed by atoms with Gasteiger partial charge in [0.1, 0.15) is 0 Å². The third-order valence-corrected chi connectivity index (χ3v) is 5.16. The highest BCUT2D eigenvalue weighted by molar-refractivity contribution is 5.90. The maximum atomic E-state index is 12.3. The summed E-state index contributed by atoms with van der Waals surface area (Å²) in [5, 5.41) is 15.8. The molecule has 4 rings (SSSR count). The van der Waals surface area contributed by atoms with Crippen LogP contribution >= 0.6 is 0 Å². The zero-order valence-corrected chi connectivity index (χ0v) is 13.5. The fourth-order valence-electron chi connectivity index (χ4n) is 3.82. The van der Waals surface area contributed by atoms with Gasteiger partial charge in [-0.3, -0.25) is 0 Å². The minimum Gasteiger partial charge on any atom is -0.392 e. The monoisotopic (exact) mass is 322 g/mol. The number of hydrogen-bond acceptors (Lipinski definition) is 2. The second-order valence-electron chi connectivity index (χ2n) is 6.88. The van der Waals surface area contributed by atoms with Gasteiger partial charge < -0.3 is 15.7 Å². The van der Waals surface area contributed by atoms with Gasteiger partial charge in [0.2, 0.25) is 0 Å². The van der Waals surface area contributed by atoms with Crippen molar-refractivity contribution in [3.05, 3.63) is 65.2 Å². The standard InChI is InChI=1S/C20H22N2O2/c23-17-11-14-7-4-8-19(18(14)12-17)22-20(24)21-16-9-15(10-16)13-5-2-1-3-6-13/h1-8,15-17,23H,9-12H2,(H2,21,22,24)/t15?,16?,17-/m1/s1. The summed E-state index contributed by atoms with van der Waals surface area (Å²) in [6.45, 7) is 0. The van der Waals surface area contributed by atoms with Crippen LogP contribution in [0.5, 0.6) is 0 Å². The first-order valence-corrected chi connectivity index (χ1v) is 8.60. The van der Waals surface area contributed by atoms with Crippen LogP contribution in [0.4, 0.5) is 10.5 Å². The number of fused-ring (bicyclic) bond motifs is 1. The summed E-state index contributed by atoms with van der Waals surface area (Å²) >= 11 is 0. The number of urea groups is 1. The number of carbonyl (C=O) groups is 1. The number of rotatable bonds is 3. The third-order valence-electron chi connectivity index (χ3n) is 5.16. The number of anilines is 1. The summed E-state index contributed by atoms with van der Waals surface area (Å²) in [7, 11) is 0. The molecule has 0 saturated heterocycles. The molecule has 1 atom stereocenters. The summed E-state index contributed by atoms with van der Waals surface area (Å²) in [6.07, 6.45) is 2.94. The van der Waals surface area contributed by atoms with Crippen LogP contribution in [0.3, 0.4) is 0 Å². The van der Waals surface area contributed by atoms with Gasteiger partial charge in [0, 0.05) is 18.2 Å². The van der Waals surface area contributed by atoms with Crippen molar-refractivity contribution < 1.29 is 9.90 Å². The molecule has 0 unspecified atom stereocenters. The quantitative estimate of drug-likeness (QED) is 0.812. The lowest BCUT2D eigenvalue weighted by molar-refractivity contribution is 0.187. The molecule has 2 aliphatic carbocycles. The number of hydrogen-bond donors (Lipinski definition) is 3. The lowest BCUT2D eigenvalue weighted by atomic mass is 9.76. The molecule has 1 saturated carbocycles. The minimum absolute atomic E-state index is 0.152. The molecule has 0 spiro atoms. The minimum atomic E-state index is -0.329. The largest absolute Gasteiger partial charge is 0.392 e. The normalized spacial score (nSPS) is 24.8. The summed E-state index contributed by atoms with van der Waals surface area (Å²) < 4.78 is 0. The van der Waals surface area contributed by atoms with E-state index in [4.69, 9.17) is 0 Å². The zero-order chi connectivity index (χ0) is 16.5. The van der Waals surface area contributed by atoms with Crippen LogP contribution in [-0.2, 0) is 12.8 Å². The van der Waals surface area contributed by atoms with Gasteiger partial charge in [-0.15, -0.1) is 0 Å². The lowest BCUT2D eigenvalue weighted by Crippen LogP contribution is -2.45. The van der Waals surface area contributed by atoms with Crippen molar-refractivity contribution in [1.29, 1.82) is 0 Å². The van der Waals surface area contributed by atoms with E-state index in [2.05, 4.69) is 34.9 Å². The highest BCUT2D eigenvalue weighted by atomic mass is 16.3. The Balaban J connectivity index is 1.32. The number of benzene rings is 2. The predicted octanol–water partition coefficient (Wildman–Crippen LogP) is 3.21. The summed E-state index contributed by atoms with van der Waals surface area (Å²) in [5.41, 5.74) is 4.37. The van der Waals surface area contributed by atoms with Gasteiger partial charge in [0.15, 0.2) is 0 Å². The van der Waals surface area contributed by atoms with E-state index in [1.165, 1.54) is 5.56 Å². The first kappa shape index (κ1) is 15.2. The van der Waals surface area contributed by atoms with Crippen LogP contribution in [0.2, 0.25) is 0 Å². The Morgan fingerprint density at radius 1 is 1.00 bits per heavy atom. The van der Waals surface area contributed by atoms with Crippen LogP contribution in [0.1, 0.15) is 35.4 Å². The Labute approximate surface area is 141 Å². The molecule has 24 heavy (non-hydrogen) atoms. The molecule has 0 heterocycles. The Bertz CT molecular complexity index is 739. The number of amides is 2. The van der Waals surface area contributed by atoms with Crippen molar-refractivity contribution in [3.8, 4) is 0 Å². The fraction of sp³-hybridized carbons (Fsp3) is 0.350. The van der Waals surface area contributed by atoms with Crippen LogP contribution < -0.4 is 10.6 Å². The third kappa shape index (κ3) is 3.02. The van der Waals surface area contributed by atoms with Crippen LogP contribution in [0.15, 0.2) is 48.5 Å². The Kier molecular flexibility index (Phi) is 3.98. The molecule has 2 aromatic carbocycles. The fourth-order valence-corrected chi connectivity index (χ4v) is 3.82. The average Bonchev–Trinajstić information content (AvgIpc) is 2.93. The van der Waals surface area contributed by atoms with Crippen LogP contribution in [0, 0.1) is 0 Å². The smallest absolute Gasteiger partial charge is 0.319 e. The van der Waals surface area contributed by atoms with E-state index in [1.54, 1.807) is 0 Å². The van der Waals surface area contributed by atoms with Crippen molar-refractivity contribution in [2.45, 2.75) is 43.7 Å². The maximum absolute atomic E-state index is 12.3. The molecule has 0 radical (unpaired) electrons. The molecule has 3 N–H and O–H groups in total. The summed E-state index contributed by atoms with van der Waals surface area (Å²) in [5.74, 6) is 0.549. The van der Waals surface area contributed by atoms with Crippen molar-refractivity contribution in [1.82, 2.24) is 5.32 Å². The molecule has 0 bridgehead atoms. The van der Waals surface area contributed by atoms with Crippen LogP contribution in [-0.4, -0.2) is 23.3 Å². The maximum Gasteiger partial charge on any atom is 0.319 e. The number of nitrogens with one attached hydrogen (secondary N) is 2. The van der Waals surface area contributed by atoms with Gasteiger partial charge >= 0.3 is 6.03 Å². The first-order valence-electron chi connectivity index (χ1n) is 8.60. The Hall–Kier alpha value is -2.33. The summed E-state index contributed by atoms with van der Waals surface area (Å²) in [6, 6.07) is 16.4. The van der Waals surface area contributed by atoms with Crippen LogP contribution in [0.25, 0.3) is 0 Å². The molecule has 1 fully saturated rings. The number of carbonyl (C=O) groups excluding carboxylic acids is 1. The highest BCUT2D eigenvalue weighted by Gasteiger charge is 2.31. The zero-order valence-electron chi connectivity index (χ0n) is 13.5. The van der Waals surface area contributed by atoms with Crippen molar-refractivity contribution in [3.63, 3.8) is 0 Å². The molecule has 2 aromatic rings. The van der Waals surface area contributed by atoms with E-state index in [-0.39, 0.29) is 18.2 Å². The molecule has 4 heteroatoms. The van der Waals surface area contributed by atoms with Gasteiger partial charge in [-0.2, -0.15) is 0 Å².